The van der Waals surface area contributed by atoms with E-state index in [1.807, 2.05) is 5.32 Å². The van der Waals surface area contributed by atoms with Crippen LogP contribution in [-0.2, 0) is 0 Å². The molecular weight excluding hydrogens is 185 g/mol. The molecule has 0 saturated heterocycles. The average Bonchev–Trinajstić information content (AvgIpc) is 2.67. The molecule has 1 rings (SSSR count). The first-order valence-electron chi connectivity index (χ1n) is 4.04. The van der Waals surface area contributed by atoms with Crippen molar-refractivity contribution in [3.63, 3.8) is 0 Å². The standard InChI is InChI=1S/C7H11F3N2O/c1-2-11-5(13)12-6(3-4-6)7(8,9)10/h2-4H2,1H3,(H2,11,12,13). The van der Waals surface area contributed by atoms with Crippen molar-refractivity contribution in [2.45, 2.75) is 31.5 Å². The molecule has 0 aromatic rings. The fraction of sp³-hybridized carbons (Fsp3) is 0.857. The highest BCUT2D eigenvalue weighted by molar-refractivity contribution is 5.75. The fourth-order valence-electron chi connectivity index (χ4n) is 1.03. The Morgan fingerprint density at radius 2 is 2.00 bits per heavy atom. The van der Waals surface area contributed by atoms with Crippen molar-refractivity contribution >= 4 is 6.03 Å². The minimum Gasteiger partial charge on any atom is -0.338 e. The molecule has 2 amide bonds. The number of nitrogens with one attached hydrogen (secondary N) is 2. The van der Waals surface area contributed by atoms with E-state index < -0.39 is 17.7 Å². The second kappa shape index (κ2) is 3.08. The van der Waals surface area contributed by atoms with Crippen LogP contribution in [0.5, 0.6) is 0 Å². The summed E-state index contributed by atoms with van der Waals surface area (Å²) < 4.78 is 36.8. The number of carbonyl (C=O) groups excluding carboxylic acids is 1. The summed E-state index contributed by atoms with van der Waals surface area (Å²) in [6.07, 6.45) is -4.38. The summed E-state index contributed by atoms with van der Waals surface area (Å²) >= 11 is 0. The zero-order valence-corrected chi connectivity index (χ0v) is 7.16. The predicted octanol–water partition coefficient (Wildman–Crippen LogP) is 1.40. The molecule has 1 fully saturated rings. The van der Waals surface area contributed by atoms with Crippen molar-refractivity contribution in [1.29, 1.82) is 0 Å². The van der Waals surface area contributed by atoms with Gasteiger partial charge in [0.1, 0.15) is 5.54 Å². The van der Waals surface area contributed by atoms with Crippen molar-refractivity contribution in [3.05, 3.63) is 0 Å². The van der Waals surface area contributed by atoms with Crippen molar-refractivity contribution in [3.8, 4) is 0 Å². The van der Waals surface area contributed by atoms with Crippen LogP contribution in [0, 0.1) is 0 Å². The molecule has 0 aromatic carbocycles. The quantitative estimate of drug-likeness (QED) is 0.688. The number of hydrogen-bond donors (Lipinski definition) is 2. The number of urea groups is 1. The van der Waals surface area contributed by atoms with Gasteiger partial charge in [0.05, 0.1) is 0 Å². The van der Waals surface area contributed by atoms with Crippen LogP contribution in [0.2, 0.25) is 0 Å². The highest BCUT2D eigenvalue weighted by atomic mass is 19.4. The predicted molar refractivity (Wildman–Crippen MR) is 40.2 cm³/mol. The molecule has 1 saturated carbocycles. The van der Waals surface area contributed by atoms with Gasteiger partial charge in [-0.3, -0.25) is 0 Å². The summed E-state index contributed by atoms with van der Waals surface area (Å²) in [5, 5.41) is 4.20. The molecule has 0 heterocycles. The number of rotatable bonds is 2. The van der Waals surface area contributed by atoms with Gasteiger partial charge in [0.2, 0.25) is 0 Å². The molecule has 0 bridgehead atoms. The van der Waals surface area contributed by atoms with Crippen LogP contribution < -0.4 is 10.6 Å². The Morgan fingerprint density at radius 1 is 1.46 bits per heavy atom. The maximum atomic E-state index is 12.3. The minimum absolute atomic E-state index is 0.0202. The van der Waals surface area contributed by atoms with E-state index >= 15 is 0 Å². The third-order valence-corrected chi connectivity index (χ3v) is 1.98. The molecule has 0 spiro atoms. The van der Waals surface area contributed by atoms with E-state index in [0.717, 1.165) is 0 Å². The monoisotopic (exact) mass is 196 g/mol. The Hall–Kier alpha value is -0.940. The molecule has 3 nitrogen and oxygen atoms in total. The molecule has 0 unspecified atom stereocenters. The summed E-state index contributed by atoms with van der Waals surface area (Å²) in [5.41, 5.74) is -1.95. The van der Waals surface area contributed by atoms with Gasteiger partial charge in [-0.15, -0.1) is 0 Å². The molecule has 0 radical (unpaired) electrons. The molecule has 13 heavy (non-hydrogen) atoms. The Kier molecular flexibility index (Phi) is 2.40. The summed E-state index contributed by atoms with van der Waals surface area (Å²) in [4.78, 5) is 10.8. The van der Waals surface area contributed by atoms with E-state index in [0.29, 0.717) is 6.54 Å². The normalized spacial score (nSPS) is 19.4. The topological polar surface area (TPSA) is 41.1 Å². The SMILES string of the molecule is CCNC(=O)NC1(C(F)(F)F)CC1. The number of hydrogen-bond acceptors (Lipinski definition) is 1. The lowest BCUT2D eigenvalue weighted by Gasteiger charge is -2.20. The Morgan fingerprint density at radius 3 is 2.31 bits per heavy atom. The third kappa shape index (κ3) is 2.05. The molecule has 1 aliphatic carbocycles. The van der Waals surface area contributed by atoms with Crippen LogP contribution in [0.3, 0.4) is 0 Å². The minimum atomic E-state index is -4.34. The summed E-state index contributed by atoms with van der Waals surface area (Å²) in [7, 11) is 0. The van der Waals surface area contributed by atoms with E-state index in [1.165, 1.54) is 0 Å². The first kappa shape index (κ1) is 10.1. The Labute approximate surface area is 73.7 Å². The van der Waals surface area contributed by atoms with Crippen LogP contribution in [0.1, 0.15) is 19.8 Å². The van der Waals surface area contributed by atoms with Gasteiger partial charge in [-0.2, -0.15) is 13.2 Å². The molecule has 0 atom stereocenters. The van der Waals surface area contributed by atoms with Crippen LogP contribution >= 0.6 is 0 Å². The zero-order chi connectivity index (χ0) is 10.1. The van der Waals surface area contributed by atoms with Gasteiger partial charge in [0.25, 0.3) is 0 Å². The van der Waals surface area contributed by atoms with Crippen LogP contribution in [-0.4, -0.2) is 24.3 Å². The van der Waals surface area contributed by atoms with Gasteiger partial charge in [0, 0.05) is 6.54 Å². The lowest BCUT2D eigenvalue weighted by molar-refractivity contribution is -0.162. The molecule has 0 aliphatic heterocycles. The van der Waals surface area contributed by atoms with E-state index in [4.69, 9.17) is 0 Å². The van der Waals surface area contributed by atoms with Gasteiger partial charge in [0.15, 0.2) is 0 Å². The van der Waals surface area contributed by atoms with Crippen LogP contribution in [0.4, 0.5) is 18.0 Å². The first-order chi connectivity index (χ1) is 5.91. The maximum Gasteiger partial charge on any atom is 0.411 e. The highest BCUT2D eigenvalue weighted by Crippen LogP contribution is 2.48. The van der Waals surface area contributed by atoms with Crippen molar-refractivity contribution in [1.82, 2.24) is 10.6 Å². The lowest BCUT2D eigenvalue weighted by Crippen LogP contribution is -2.51. The van der Waals surface area contributed by atoms with E-state index in [2.05, 4.69) is 5.32 Å². The second-order valence-electron chi connectivity index (χ2n) is 3.06. The second-order valence-corrected chi connectivity index (χ2v) is 3.06. The fourth-order valence-corrected chi connectivity index (χ4v) is 1.03. The molecule has 0 aromatic heterocycles. The zero-order valence-electron chi connectivity index (χ0n) is 7.16. The third-order valence-electron chi connectivity index (χ3n) is 1.98. The number of halogens is 3. The smallest absolute Gasteiger partial charge is 0.338 e. The Bertz CT molecular complexity index is 210. The van der Waals surface area contributed by atoms with Crippen molar-refractivity contribution < 1.29 is 18.0 Å². The summed E-state index contributed by atoms with van der Waals surface area (Å²) in [6.45, 7) is 1.96. The van der Waals surface area contributed by atoms with Crippen LogP contribution in [0.25, 0.3) is 0 Å². The highest BCUT2D eigenvalue weighted by Gasteiger charge is 2.64. The largest absolute Gasteiger partial charge is 0.411 e. The average molecular weight is 196 g/mol. The Balaban J connectivity index is 2.49. The van der Waals surface area contributed by atoms with Gasteiger partial charge in [-0.05, 0) is 19.8 Å². The number of carbonyl (C=O) groups is 1. The summed E-state index contributed by atoms with van der Waals surface area (Å²) in [6, 6.07) is -0.752. The maximum absolute atomic E-state index is 12.3. The first-order valence-corrected chi connectivity index (χ1v) is 4.04. The number of alkyl halides is 3. The van der Waals surface area contributed by atoms with Crippen molar-refractivity contribution in [2.75, 3.05) is 6.54 Å². The van der Waals surface area contributed by atoms with E-state index in [1.54, 1.807) is 6.92 Å². The van der Waals surface area contributed by atoms with E-state index in [9.17, 15) is 18.0 Å². The molecule has 2 N–H and O–H groups in total. The van der Waals surface area contributed by atoms with Gasteiger partial charge >= 0.3 is 12.2 Å². The van der Waals surface area contributed by atoms with Gasteiger partial charge in [-0.25, -0.2) is 4.79 Å². The number of amides is 2. The molecule has 6 heteroatoms. The molecular formula is C7H11F3N2O. The molecule has 1 aliphatic rings. The van der Waals surface area contributed by atoms with Crippen molar-refractivity contribution in [2.24, 2.45) is 0 Å². The molecule has 76 valence electrons. The summed E-state index contributed by atoms with van der Waals surface area (Å²) in [5.74, 6) is 0. The lowest BCUT2D eigenvalue weighted by atomic mass is 10.3. The van der Waals surface area contributed by atoms with Gasteiger partial charge in [-0.1, -0.05) is 0 Å². The van der Waals surface area contributed by atoms with Gasteiger partial charge < -0.3 is 10.6 Å². The van der Waals surface area contributed by atoms with Crippen LogP contribution in [0.15, 0.2) is 0 Å². The van der Waals surface area contributed by atoms with E-state index in [-0.39, 0.29) is 12.8 Å².